The number of aliphatic imine (C=N–C) groups is 1. The third-order valence-corrected chi connectivity index (χ3v) is 3.83. The molecule has 1 aromatic rings. The Balaban J connectivity index is 0.00000242. The molecule has 2 rings (SSSR count). The zero-order valence-electron chi connectivity index (χ0n) is 14.0. The van der Waals surface area contributed by atoms with Crippen LogP contribution in [0, 0.1) is 19.3 Å². The SMILES string of the molecule is CCNC(=NCc1ccc(C)cc1C)NCC1(C)COC1.I. The third kappa shape index (κ3) is 5.43. The molecular formula is C17H28IN3O. The van der Waals surface area contributed by atoms with E-state index in [2.05, 4.69) is 61.5 Å². The average Bonchev–Trinajstić information content (AvgIpc) is 2.41. The molecule has 1 saturated heterocycles. The summed E-state index contributed by atoms with van der Waals surface area (Å²) in [6.45, 7) is 12.7. The van der Waals surface area contributed by atoms with E-state index in [1.165, 1.54) is 16.7 Å². The molecule has 0 saturated carbocycles. The van der Waals surface area contributed by atoms with Crippen molar-refractivity contribution in [1.82, 2.24) is 10.6 Å². The topological polar surface area (TPSA) is 45.7 Å². The van der Waals surface area contributed by atoms with Gasteiger partial charge in [0.1, 0.15) is 0 Å². The van der Waals surface area contributed by atoms with E-state index in [1.807, 2.05) is 0 Å². The van der Waals surface area contributed by atoms with E-state index in [-0.39, 0.29) is 29.4 Å². The van der Waals surface area contributed by atoms with Gasteiger partial charge < -0.3 is 15.4 Å². The number of ether oxygens (including phenoxy) is 1. The summed E-state index contributed by atoms with van der Waals surface area (Å²) in [5.74, 6) is 0.880. The predicted molar refractivity (Wildman–Crippen MR) is 103 cm³/mol. The highest BCUT2D eigenvalue weighted by Gasteiger charge is 2.33. The summed E-state index contributed by atoms with van der Waals surface area (Å²) in [7, 11) is 0. The molecule has 0 spiro atoms. The van der Waals surface area contributed by atoms with Crippen molar-refractivity contribution in [3.63, 3.8) is 0 Å². The van der Waals surface area contributed by atoms with Crippen LogP contribution in [0.3, 0.4) is 0 Å². The molecule has 0 amide bonds. The van der Waals surface area contributed by atoms with Gasteiger partial charge in [0.15, 0.2) is 5.96 Å². The first kappa shape index (κ1) is 19.2. The number of halogens is 1. The van der Waals surface area contributed by atoms with Gasteiger partial charge in [0.05, 0.1) is 19.8 Å². The monoisotopic (exact) mass is 417 g/mol. The molecule has 0 unspecified atom stereocenters. The minimum atomic E-state index is 0. The molecule has 0 radical (unpaired) electrons. The summed E-state index contributed by atoms with van der Waals surface area (Å²) in [5.41, 5.74) is 4.11. The van der Waals surface area contributed by atoms with Crippen LogP contribution < -0.4 is 10.6 Å². The normalized spacial score (nSPS) is 16.5. The van der Waals surface area contributed by atoms with Crippen molar-refractivity contribution in [1.29, 1.82) is 0 Å². The number of nitrogens with one attached hydrogen (secondary N) is 2. The van der Waals surface area contributed by atoms with Crippen molar-refractivity contribution < 1.29 is 4.74 Å². The Morgan fingerprint density at radius 2 is 2.00 bits per heavy atom. The Morgan fingerprint density at radius 1 is 1.27 bits per heavy atom. The molecule has 1 aliphatic rings. The summed E-state index contributed by atoms with van der Waals surface area (Å²) >= 11 is 0. The summed E-state index contributed by atoms with van der Waals surface area (Å²) in [5, 5.41) is 6.73. The zero-order chi connectivity index (χ0) is 15.3. The molecule has 0 aliphatic carbocycles. The third-order valence-electron chi connectivity index (χ3n) is 3.83. The smallest absolute Gasteiger partial charge is 0.191 e. The Kier molecular flexibility index (Phi) is 7.62. The fourth-order valence-electron chi connectivity index (χ4n) is 2.38. The fraction of sp³-hybridized carbons (Fsp3) is 0.588. The van der Waals surface area contributed by atoms with Crippen LogP contribution in [0.15, 0.2) is 23.2 Å². The molecule has 0 aromatic heterocycles. The van der Waals surface area contributed by atoms with Crippen LogP contribution >= 0.6 is 24.0 Å². The van der Waals surface area contributed by atoms with E-state index >= 15 is 0 Å². The molecular weight excluding hydrogens is 389 g/mol. The Labute approximate surface area is 151 Å². The van der Waals surface area contributed by atoms with E-state index in [4.69, 9.17) is 4.74 Å². The van der Waals surface area contributed by atoms with Gasteiger partial charge in [-0.05, 0) is 31.9 Å². The van der Waals surface area contributed by atoms with Crippen molar-refractivity contribution in [2.45, 2.75) is 34.2 Å². The first-order valence-corrected chi connectivity index (χ1v) is 7.68. The Morgan fingerprint density at radius 3 is 2.55 bits per heavy atom. The molecule has 1 aliphatic heterocycles. The summed E-state index contributed by atoms with van der Waals surface area (Å²) in [4.78, 5) is 4.69. The molecule has 1 aromatic carbocycles. The minimum Gasteiger partial charge on any atom is -0.380 e. The maximum absolute atomic E-state index is 5.29. The van der Waals surface area contributed by atoms with Gasteiger partial charge in [-0.3, -0.25) is 0 Å². The second kappa shape index (κ2) is 8.72. The van der Waals surface area contributed by atoms with Gasteiger partial charge in [-0.15, -0.1) is 24.0 Å². The maximum Gasteiger partial charge on any atom is 0.191 e. The highest BCUT2D eigenvalue weighted by Crippen LogP contribution is 2.24. The Bertz CT molecular complexity index is 513. The van der Waals surface area contributed by atoms with E-state index in [0.29, 0.717) is 6.54 Å². The minimum absolute atomic E-state index is 0. The van der Waals surface area contributed by atoms with Crippen LogP contribution in [0.1, 0.15) is 30.5 Å². The second-order valence-electron chi connectivity index (χ2n) is 6.28. The number of nitrogens with zero attached hydrogens (tertiary/aromatic N) is 1. The number of hydrogen-bond acceptors (Lipinski definition) is 2. The van der Waals surface area contributed by atoms with Crippen LogP contribution in [0.5, 0.6) is 0 Å². The maximum atomic E-state index is 5.29. The van der Waals surface area contributed by atoms with E-state index in [0.717, 1.165) is 32.3 Å². The first-order valence-electron chi connectivity index (χ1n) is 7.68. The lowest BCUT2D eigenvalue weighted by atomic mass is 9.89. The molecule has 4 nitrogen and oxygen atoms in total. The Hall–Kier alpha value is -0.820. The van der Waals surface area contributed by atoms with E-state index in [9.17, 15) is 0 Å². The van der Waals surface area contributed by atoms with Gasteiger partial charge in [-0.25, -0.2) is 4.99 Å². The van der Waals surface area contributed by atoms with Crippen molar-refractivity contribution in [2.24, 2.45) is 10.4 Å². The molecule has 124 valence electrons. The summed E-state index contributed by atoms with van der Waals surface area (Å²) in [6, 6.07) is 6.52. The number of guanidine groups is 1. The number of rotatable bonds is 5. The molecule has 1 heterocycles. The van der Waals surface area contributed by atoms with Gasteiger partial charge in [0.25, 0.3) is 0 Å². The van der Waals surface area contributed by atoms with Gasteiger partial charge >= 0.3 is 0 Å². The standard InChI is InChI=1S/C17H27N3O.HI/c1-5-18-16(20-10-17(4)11-21-12-17)19-9-15-7-6-13(2)8-14(15)3;/h6-8H,5,9-12H2,1-4H3,(H2,18,19,20);1H. The van der Waals surface area contributed by atoms with Gasteiger partial charge in [0.2, 0.25) is 0 Å². The fourth-order valence-corrected chi connectivity index (χ4v) is 2.38. The van der Waals surface area contributed by atoms with Crippen molar-refractivity contribution in [3.8, 4) is 0 Å². The zero-order valence-corrected chi connectivity index (χ0v) is 16.4. The average molecular weight is 417 g/mol. The van der Waals surface area contributed by atoms with Crippen LogP contribution in [0.25, 0.3) is 0 Å². The van der Waals surface area contributed by atoms with Crippen LogP contribution in [-0.2, 0) is 11.3 Å². The number of benzene rings is 1. The highest BCUT2D eigenvalue weighted by atomic mass is 127. The van der Waals surface area contributed by atoms with Crippen molar-refractivity contribution in [2.75, 3.05) is 26.3 Å². The lowest BCUT2D eigenvalue weighted by Crippen LogP contribution is -2.51. The summed E-state index contributed by atoms with van der Waals surface area (Å²) < 4.78 is 5.29. The lowest BCUT2D eigenvalue weighted by Gasteiger charge is -2.38. The number of aryl methyl sites for hydroxylation is 2. The van der Waals surface area contributed by atoms with Crippen molar-refractivity contribution >= 4 is 29.9 Å². The largest absolute Gasteiger partial charge is 0.380 e. The number of hydrogen-bond donors (Lipinski definition) is 2. The molecule has 1 fully saturated rings. The van der Waals surface area contributed by atoms with Gasteiger partial charge in [-0.1, -0.05) is 30.7 Å². The van der Waals surface area contributed by atoms with Crippen LogP contribution in [-0.4, -0.2) is 32.3 Å². The molecule has 2 N–H and O–H groups in total. The van der Waals surface area contributed by atoms with Crippen LogP contribution in [0.2, 0.25) is 0 Å². The van der Waals surface area contributed by atoms with Crippen molar-refractivity contribution in [3.05, 3.63) is 34.9 Å². The van der Waals surface area contributed by atoms with E-state index < -0.39 is 0 Å². The summed E-state index contributed by atoms with van der Waals surface area (Å²) in [6.07, 6.45) is 0. The van der Waals surface area contributed by atoms with Gasteiger partial charge in [-0.2, -0.15) is 0 Å². The molecule has 0 bridgehead atoms. The highest BCUT2D eigenvalue weighted by molar-refractivity contribution is 14.0. The molecule has 0 atom stereocenters. The van der Waals surface area contributed by atoms with Gasteiger partial charge in [0, 0.05) is 18.5 Å². The first-order chi connectivity index (χ1) is 10.0. The van der Waals surface area contributed by atoms with Crippen LogP contribution in [0.4, 0.5) is 0 Å². The van der Waals surface area contributed by atoms with E-state index in [1.54, 1.807) is 0 Å². The molecule has 22 heavy (non-hydrogen) atoms. The predicted octanol–water partition coefficient (Wildman–Crippen LogP) is 3.01. The molecule has 5 heteroatoms. The lowest BCUT2D eigenvalue weighted by molar-refractivity contribution is -0.0971. The quantitative estimate of drug-likeness (QED) is 0.440. The second-order valence-corrected chi connectivity index (χ2v) is 6.28.